The van der Waals surface area contributed by atoms with Crippen LogP contribution in [-0.4, -0.2) is 17.9 Å². The molecule has 0 spiro atoms. The molecule has 0 saturated carbocycles. The molecule has 1 N–H and O–H groups in total. The van der Waals surface area contributed by atoms with Crippen molar-refractivity contribution in [2.45, 2.75) is 38.5 Å². The van der Waals surface area contributed by atoms with Crippen molar-refractivity contribution in [2.75, 3.05) is 13.2 Å². The number of benzene rings is 1. The van der Waals surface area contributed by atoms with Crippen molar-refractivity contribution < 1.29 is 4.74 Å². The van der Waals surface area contributed by atoms with E-state index in [2.05, 4.69) is 62.4 Å². The quantitative estimate of drug-likeness (QED) is 0.635. The fraction of sp³-hybridized carbons (Fsp3) is 0.444. The van der Waals surface area contributed by atoms with Gasteiger partial charge in [0.25, 0.3) is 0 Å². The van der Waals surface area contributed by atoms with Crippen molar-refractivity contribution in [1.29, 1.82) is 0 Å². The summed E-state index contributed by atoms with van der Waals surface area (Å²) in [6.45, 7) is 13.1. The molecule has 0 aromatic heterocycles. The summed E-state index contributed by atoms with van der Waals surface area (Å²) >= 11 is 1.77. The Morgan fingerprint density at radius 2 is 2.10 bits per heavy atom. The predicted octanol–water partition coefficient (Wildman–Crippen LogP) is 4.58. The summed E-state index contributed by atoms with van der Waals surface area (Å²) in [7, 11) is 0. The van der Waals surface area contributed by atoms with Crippen LogP contribution in [0.3, 0.4) is 0 Å². The molecular weight excluding hydrogens is 278 g/mol. The maximum atomic E-state index is 5.65. The highest BCUT2D eigenvalue weighted by molar-refractivity contribution is 7.98. The number of rotatable bonds is 5. The lowest BCUT2D eigenvalue weighted by Gasteiger charge is -2.20. The Bertz CT molecular complexity index is 528. The van der Waals surface area contributed by atoms with Crippen LogP contribution in [0.15, 0.2) is 42.5 Å². The normalized spacial score (nSPS) is 16.8. The molecule has 0 radical (unpaired) electrons. The lowest BCUT2D eigenvalue weighted by molar-refractivity contribution is 0.146. The summed E-state index contributed by atoms with van der Waals surface area (Å²) in [5.74, 6) is 0. The van der Waals surface area contributed by atoms with Crippen molar-refractivity contribution in [2.24, 2.45) is 0 Å². The Balaban J connectivity index is 1.90. The van der Waals surface area contributed by atoms with Crippen LogP contribution in [-0.2, 0) is 11.3 Å². The monoisotopic (exact) mass is 303 g/mol. The van der Waals surface area contributed by atoms with Gasteiger partial charge in [-0.15, -0.1) is 0 Å². The van der Waals surface area contributed by atoms with Crippen LogP contribution < -0.4 is 4.72 Å². The van der Waals surface area contributed by atoms with Crippen molar-refractivity contribution in [3.05, 3.63) is 53.6 Å². The molecule has 2 rings (SSSR count). The number of hydrogen-bond donors (Lipinski definition) is 1. The van der Waals surface area contributed by atoms with Gasteiger partial charge in [-0.1, -0.05) is 54.4 Å². The number of fused-ring (bicyclic) bond motifs is 1. The second-order valence-corrected chi connectivity index (χ2v) is 8.05. The second kappa shape index (κ2) is 7.30. The molecule has 2 nitrogen and oxygen atoms in total. The maximum absolute atomic E-state index is 5.65. The molecule has 114 valence electrons. The summed E-state index contributed by atoms with van der Waals surface area (Å²) in [6.07, 6.45) is 3.14. The zero-order valence-corrected chi connectivity index (χ0v) is 14.1. The molecule has 0 bridgehead atoms. The minimum absolute atomic E-state index is 0.246. The summed E-state index contributed by atoms with van der Waals surface area (Å²) in [4.78, 5) is 0. The molecule has 1 aliphatic rings. The Hall–Kier alpha value is -1.03. The highest BCUT2D eigenvalue weighted by Crippen LogP contribution is 2.27. The number of nitrogens with one attached hydrogen (secondary N) is 1. The molecule has 1 aromatic carbocycles. The van der Waals surface area contributed by atoms with Gasteiger partial charge in [0.2, 0.25) is 0 Å². The molecular formula is C18H25NOS. The van der Waals surface area contributed by atoms with Crippen LogP contribution in [0.5, 0.6) is 0 Å². The first kappa shape index (κ1) is 16.3. The smallest absolute Gasteiger partial charge is 0.0727 e. The zero-order chi connectivity index (χ0) is 15.3. The molecule has 0 aliphatic carbocycles. The summed E-state index contributed by atoms with van der Waals surface area (Å²) < 4.78 is 9.30. The van der Waals surface area contributed by atoms with Crippen molar-refractivity contribution in [3.63, 3.8) is 0 Å². The molecule has 3 heteroatoms. The van der Waals surface area contributed by atoms with Gasteiger partial charge in [0.05, 0.1) is 13.2 Å². The van der Waals surface area contributed by atoms with Crippen LogP contribution in [0.25, 0.3) is 5.57 Å². The SMILES string of the molecule is C=C(/C=C1/COCc2ccccc21)CCNSC(C)(C)C. The van der Waals surface area contributed by atoms with E-state index in [0.29, 0.717) is 13.2 Å². The van der Waals surface area contributed by atoms with Crippen molar-refractivity contribution >= 4 is 17.5 Å². The van der Waals surface area contributed by atoms with E-state index < -0.39 is 0 Å². The fourth-order valence-electron chi connectivity index (χ4n) is 2.23. The van der Waals surface area contributed by atoms with E-state index in [1.54, 1.807) is 11.9 Å². The van der Waals surface area contributed by atoms with E-state index >= 15 is 0 Å². The fourth-order valence-corrected chi connectivity index (χ4v) is 2.86. The largest absolute Gasteiger partial charge is 0.372 e. The van der Waals surface area contributed by atoms with E-state index in [9.17, 15) is 0 Å². The average Bonchev–Trinajstić information content (AvgIpc) is 2.43. The maximum Gasteiger partial charge on any atom is 0.0727 e. The molecule has 1 aliphatic heterocycles. The first-order chi connectivity index (χ1) is 9.96. The van der Waals surface area contributed by atoms with Crippen LogP contribution in [0, 0.1) is 0 Å². The van der Waals surface area contributed by atoms with Crippen LogP contribution in [0.4, 0.5) is 0 Å². The van der Waals surface area contributed by atoms with Gasteiger partial charge < -0.3 is 4.74 Å². The van der Waals surface area contributed by atoms with Gasteiger partial charge in [-0.2, -0.15) is 0 Å². The first-order valence-corrected chi connectivity index (χ1v) is 8.22. The molecule has 1 heterocycles. The lowest BCUT2D eigenvalue weighted by atomic mass is 9.96. The van der Waals surface area contributed by atoms with Crippen LogP contribution in [0.1, 0.15) is 38.3 Å². The molecule has 0 atom stereocenters. The molecule has 0 amide bonds. The molecule has 0 unspecified atom stereocenters. The van der Waals surface area contributed by atoms with Crippen LogP contribution in [0.2, 0.25) is 0 Å². The molecule has 1 aromatic rings. The highest BCUT2D eigenvalue weighted by atomic mass is 32.2. The summed E-state index contributed by atoms with van der Waals surface area (Å²) in [6, 6.07) is 8.45. The van der Waals surface area contributed by atoms with Gasteiger partial charge in [0, 0.05) is 11.3 Å². The van der Waals surface area contributed by atoms with Crippen molar-refractivity contribution in [3.8, 4) is 0 Å². The number of ether oxygens (including phenoxy) is 1. The Kier molecular flexibility index (Phi) is 5.68. The minimum atomic E-state index is 0.246. The average molecular weight is 303 g/mol. The van der Waals surface area contributed by atoms with E-state index in [1.807, 2.05) is 0 Å². The topological polar surface area (TPSA) is 21.3 Å². The van der Waals surface area contributed by atoms with Crippen LogP contribution >= 0.6 is 11.9 Å². The van der Waals surface area contributed by atoms with E-state index in [4.69, 9.17) is 4.74 Å². The standard InChI is InChI=1S/C18H25NOS/c1-14(9-10-19-21-18(2,3)4)11-16-13-20-12-15-7-5-6-8-17(15)16/h5-8,11,19H,1,9-10,12-13H2,2-4H3/b16-11-. The van der Waals surface area contributed by atoms with Gasteiger partial charge in [-0.05, 0) is 43.9 Å². The highest BCUT2D eigenvalue weighted by Gasteiger charge is 2.14. The van der Waals surface area contributed by atoms with E-state index in [1.165, 1.54) is 16.7 Å². The van der Waals surface area contributed by atoms with E-state index in [-0.39, 0.29) is 4.75 Å². The molecule has 0 fully saturated rings. The Morgan fingerprint density at radius 3 is 2.86 bits per heavy atom. The third kappa shape index (κ3) is 5.34. The van der Waals surface area contributed by atoms with E-state index in [0.717, 1.165) is 18.5 Å². The van der Waals surface area contributed by atoms with Gasteiger partial charge in [-0.3, -0.25) is 4.72 Å². The van der Waals surface area contributed by atoms with Gasteiger partial charge >= 0.3 is 0 Å². The Labute approximate surface area is 132 Å². The third-order valence-electron chi connectivity index (χ3n) is 3.18. The predicted molar refractivity (Wildman–Crippen MR) is 93.2 cm³/mol. The molecule has 0 saturated heterocycles. The van der Waals surface area contributed by atoms with Crippen molar-refractivity contribution in [1.82, 2.24) is 4.72 Å². The number of hydrogen-bond acceptors (Lipinski definition) is 3. The van der Waals surface area contributed by atoms with Gasteiger partial charge in [0.1, 0.15) is 0 Å². The lowest BCUT2D eigenvalue weighted by Crippen LogP contribution is -2.18. The third-order valence-corrected chi connectivity index (χ3v) is 4.14. The summed E-state index contributed by atoms with van der Waals surface area (Å²) in [5, 5.41) is 0. The zero-order valence-electron chi connectivity index (χ0n) is 13.2. The van der Waals surface area contributed by atoms with Gasteiger partial charge in [0.15, 0.2) is 0 Å². The molecule has 21 heavy (non-hydrogen) atoms. The summed E-state index contributed by atoms with van der Waals surface area (Å²) in [5.41, 5.74) is 4.96. The number of allylic oxidation sites excluding steroid dienone is 1. The Morgan fingerprint density at radius 1 is 1.33 bits per heavy atom. The van der Waals surface area contributed by atoms with Gasteiger partial charge in [-0.25, -0.2) is 0 Å². The second-order valence-electron chi connectivity index (χ2n) is 6.34. The first-order valence-electron chi connectivity index (χ1n) is 7.41. The minimum Gasteiger partial charge on any atom is -0.372 e.